The lowest BCUT2D eigenvalue weighted by molar-refractivity contribution is -0.115. The molecular formula is C20H22N2O2. The first kappa shape index (κ1) is 16.2. The van der Waals surface area contributed by atoms with E-state index in [0.717, 1.165) is 27.7 Å². The van der Waals surface area contributed by atoms with Crippen molar-refractivity contribution >= 4 is 22.7 Å². The Labute approximate surface area is 141 Å². The van der Waals surface area contributed by atoms with E-state index in [-0.39, 0.29) is 12.3 Å². The van der Waals surface area contributed by atoms with Gasteiger partial charge in [0.05, 0.1) is 12.7 Å². The Morgan fingerprint density at radius 3 is 2.67 bits per heavy atom. The molecule has 2 heterocycles. The molecule has 3 aromatic rings. The van der Waals surface area contributed by atoms with Crippen LogP contribution in [0.2, 0.25) is 0 Å². The number of hydrogen-bond acceptors (Lipinski definition) is 3. The Bertz CT molecular complexity index is 877. The zero-order chi connectivity index (χ0) is 17.3. The Hall–Kier alpha value is -2.62. The van der Waals surface area contributed by atoms with Gasteiger partial charge in [-0.2, -0.15) is 0 Å². The smallest absolute Gasteiger partial charge is 0.230 e. The first-order valence-corrected chi connectivity index (χ1v) is 8.17. The largest absolute Gasteiger partial charge is 0.464 e. The van der Waals surface area contributed by atoms with Crippen molar-refractivity contribution in [1.29, 1.82) is 0 Å². The summed E-state index contributed by atoms with van der Waals surface area (Å²) in [6, 6.07) is 7.90. The number of benzene rings is 1. The summed E-state index contributed by atoms with van der Waals surface area (Å²) in [5.74, 6) is 0.899. The number of anilines is 1. The first-order valence-electron chi connectivity index (χ1n) is 8.17. The van der Waals surface area contributed by atoms with Gasteiger partial charge in [0.1, 0.15) is 11.4 Å². The standard InChI is InChI=1S/C20H22N2O2/c1-12(2)15-6-8-18(21-10-15)22-19(23)9-16-11-24-20-14(4)13(3)5-7-17(16)20/h5-8,10-12H,9H2,1-4H3,(H,21,22,23). The lowest BCUT2D eigenvalue weighted by atomic mass is 10.0. The Kier molecular flexibility index (Phi) is 4.38. The molecule has 0 aliphatic carbocycles. The van der Waals surface area contributed by atoms with Crippen LogP contribution in [-0.4, -0.2) is 10.9 Å². The van der Waals surface area contributed by atoms with E-state index in [1.165, 1.54) is 5.56 Å². The van der Waals surface area contributed by atoms with E-state index < -0.39 is 0 Å². The van der Waals surface area contributed by atoms with E-state index in [0.29, 0.717) is 11.7 Å². The van der Waals surface area contributed by atoms with Crippen LogP contribution in [0, 0.1) is 13.8 Å². The number of amides is 1. The highest BCUT2D eigenvalue weighted by Gasteiger charge is 2.13. The summed E-state index contributed by atoms with van der Waals surface area (Å²) >= 11 is 0. The summed E-state index contributed by atoms with van der Waals surface area (Å²) < 4.78 is 5.66. The summed E-state index contributed by atoms with van der Waals surface area (Å²) in [4.78, 5) is 16.6. The molecule has 124 valence electrons. The summed E-state index contributed by atoms with van der Waals surface area (Å²) in [6.45, 7) is 8.31. The molecule has 0 spiro atoms. The van der Waals surface area contributed by atoms with Gasteiger partial charge in [0.2, 0.25) is 5.91 Å². The third kappa shape index (κ3) is 3.18. The van der Waals surface area contributed by atoms with Crippen LogP contribution < -0.4 is 5.32 Å². The summed E-state index contributed by atoms with van der Waals surface area (Å²) in [5.41, 5.74) is 5.20. The van der Waals surface area contributed by atoms with Crippen molar-refractivity contribution in [2.75, 3.05) is 5.32 Å². The fourth-order valence-corrected chi connectivity index (χ4v) is 2.71. The van der Waals surface area contributed by atoms with Gasteiger partial charge in [-0.15, -0.1) is 0 Å². The molecule has 3 rings (SSSR count). The van der Waals surface area contributed by atoms with Crippen molar-refractivity contribution in [1.82, 2.24) is 4.98 Å². The van der Waals surface area contributed by atoms with Gasteiger partial charge in [0.15, 0.2) is 0 Å². The van der Waals surface area contributed by atoms with Gasteiger partial charge in [-0.1, -0.05) is 32.0 Å². The van der Waals surface area contributed by atoms with Gasteiger partial charge in [0, 0.05) is 17.1 Å². The van der Waals surface area contributed by atoms with E-state index in [2.05, 4.69) is 37.1 Å². The zero-order valence-electron chi connectivity index (χ0n) is 14.5. The number of carbonyl (C=O) groups is 1. The fourth-order valence-electron chi connectivity index (χ4n) is 2.71. The number of aryl methyl sites for hydroxylation is 2. The normalized spacial score (nSPS) is 11.2. The average Bonchev–Trinajstić information content (AvgIpc) is 2.95. The highest BCUT2D eigenvalue weighted by Crippen LogP contribution is 2.27. The molecule has 0 atom stereocenters. The number of nitrogens with zero attached hydrogens (tertiary/aromatic N) is 1. The van der Waals surface area contributed by atoms with E-state index in [4.69, 9.17) is 4.42 Å². The number of hydrogen-bond donors (Lipinski definition) is 1. The third-order valence-corrected chi connectivity index (χ3v) is 4.41. The first-order chi connectivity index (χ1) is 11.5. The van der Waals surface area contributed by atoms with Crippen molar-refractivity contribution in [3.8, 4) is 0 Å². The van der Waals surface area contributed by atoms with Crippen molar-refractivity contribution in [2.45, 2.75) is 40.0 Å². The van der Waals surface area contributed by atoms with Crippen LogP contribution in [0.1, 0.15) is 42.0 Å². The van der Waals surface area contributed by atoms with Crippen LogP contribution in [0.4, 0.5) is 5.82 Å². The minimum Gasteiger partial charge on any atom is -0.464 e. The number of carbonyl (C=O) groups excluding carboxylic acids is 1. The van der Waals surface area contributed by atoms with Gasteiger partial charge in [-0.05, 0) is 42.5 Å². The predicted molar refractivity (Wildman–Crippen MR) is 96.3 cm³/mol. The summed E-state index contributed by atoms with van der Waals surface area (Å²) in [6.07, 6.45) is 3.74. The Morgan fingerprint density at radius 1 is 1.21 bits per heavy atom. The molecule has 1 aromatic carbocycles. The molecule has 0 aliphatic rings. The molecule has 1 amide bonds. The quantitative estimate of drug-likeness (QED) is 0.754. The highest BCUT2D eigenvalue weighted by molar-refractivity contribution is 5.95. The second-order valence-corrected chi connectivity index (χ2v) is 6.50. The van der Waals surface area contributed by atoms with Crippen molar-refractivity contribution in [3.63, 3.8) is 0 Å². The summed E-state index contributed by atoms with van der Waals surface area (Å²) in [7, 11) is 0. The number of furan rings is 1. The van der Waals surface area contributed by atoms with Gasteiger partial charge in [-0.25, -0.2) is 4.98 Å². The minimum atomic E-state index is -0.0966. The monoisotopic (exact) mass is 322 g/mol. The Morgan fingerprint density at radius 2 is 2.00 bits per heavy atom. The molecule has 0 saturated carbocycles. The number of nitrogens with one attached hydrogen (secondary N) is 1. The molecule has 4 heteroatoms. The van der Waals surface area contributed by atoms with Crippen LogP contribution in [0.25, 0.3) is 11.0 Å². The topological polar surface area (TPSA) is 55.1 Å². The van der Waals surface area contributed by atoms with Gasteiger partial charge in [0.25, 0.3) is 0 Å². The third-order valence-electron chi connectivity index (χ3n) is 4.41. The van der Waals surface area contributed by atoms with Crippen LogP contribution in [0.5, 0.6) is 0 Å². The maximum atomic E-state index is 12.3. The molecule has 0 bridgehead atoms. The highest BCUT2D eigenvalue weighted by atomic mass is 16.3. The molecule has 0 radical (unpaired) electrons. The van der Waals surface area contributed by atoms with Crippen LogP contribution in [0.3, 0.4) is 0 Å². The van der Waals surface area contributed by atoms with Crippen molar-refractivity contribution < 1.29 is 9.21 Å². The average molecular weight is 322 g/mol. The minimum absolute atomic E-state index is 0.0966. The number of pyridine rings is 1. The van der Waals surface area contributed by atoms with Gasteiger partial charge >= 0.3 is 0 Å². The van der Waals surface area contributed by atoms with Crippen LogP contribution in [-0.2, 0) is 11.2 Å². The molecule has 2 aromatic heterocycles. The lowest BCUT2D eigenvalue weighted by Gasteiger charge is -2.07. The number of aromatic nitrogens is 1. The van der Waals surface area contributed by atoms with E-state index >= 15 is 0 Å². The molecule has 0 aliphatic heterocycles. The second-order valence-electron chi connectivity index (χ2n) is 6.50. The lowest BCUT2D eigenvalue weighted by Crippen LogP contribution is -2.15. The second kappa shape index (κ2) is 6.48. The van der Waals surface area contributed by atoms with E-state index in [1.807, 2.05) is 25.1 Å². The van der Waals surface area contributed by atoms with Crippen LogP contribution in [0.15, 0.2) is 41.1 Å². The molecule has 4 nitrogen and oxygen atoms in total. The molecule has 0 saturated heterocycles. The van der Waals surface area contributed by atoms with E-state index in [9.17, 15) is 4.79 Å². The van der Waals surface area contributed by atoms with Crippen LogP contribution >= 0.6 is 0 Å². The van der Waals surface area contributed by atoms with Crippen molar-refractivity contribution in [3.05, 3.63) is 59.0 Å². The summed E-state index contributed by atoms with van der Waals surface area (Å²) in [5, 5.41) is 3.84. The molecule has 0 fully saturated rings. The molecule has 1 N–H and O–H groups in total. The maximum absolute atomic E-state index is 12.3. The predicted octanol–water partition coefficient (Wildman–Crippen LogP) is 4.75. The Balaban J connectivity index is 1.74. The molecule has 0 unspecified atom stereocenters. The van der Waals surface area contributed by atoms with Crippen molar-refractivity contribution in [2.24, 2.45) is 0 Å². The fraction of sp³-hybridized carbons (Fsp3) is 0.300. The molecule has 24 heavy (non-hydrogen) atoms. The zero-order valence-corrected chi connectivity index (χ0v) is 14.5. The van der Waals surface area contributed by atoms with Gasteiger partial charge < -0.3 is 9.73 Å². The maximum Gasteiger partial charge on any atom is 0.230 e. The molecular weight excluding hydrogens is 300 g/mol. The number of fused-ring (bicyclic) bond motifs is 1. The SMILES string of the molecule is Cc1ccc2c(CC(=O)Nc3ccc(C(C)C)cn3)coc2c1C. The number of rotatable bonds is 4. The van der Waals surface area contributed by atoms with E-state index in [1.54, 1.807) is 12.5 Å². The van der Waals surface area contributed by atoms with Gasteiger partial charge in [-0.3, -0.25) is 4.79 Å².